The number of nitrogens with one attached hydrogen (secondary N) is 1. The number of aliphatic hydroxyl groups excluding tert-OH is 4. The quantitative estimate of drug-likeness (QED) is 0.314. The van der Waals surface area contributed by atoms with E-state index in [1.807, 2.05) is 0 Å². The van der Waals surface area contributed by atoms with Crippen molar-refractivity contribution in [2.45, 2.75) is 127 Å². The van der Waals surface area contributed by atoms with Gasteiger partial charge in [-0.1, -0.05) is 32.4 Å². The Balaban J connectivity index is 1.11. The van der Waals surface area contributed by atoms with Crippen molar-refractivity contribution in [1.82, 2.24) is 5.32 Å². The van der Waals surface area contributed by atoms with Crippen molar-refractivity contribution in [3.05, 3.63) is 22.8 Å². The Hall–Kier alpha value is -1.17. The maximum absolute atomic E-state index is 14.5. The van der Waals surface area contributed by atoms with Crippen molar-refractivity contribution >= 4 is 5.78 Å². The maximum Gasteiger partial charge on any atom is 0.186 e. The van der Waals surface area contributed by atoms with Crippen molar-refractivity contribution in [3.63, 3.8) is 0 Å². The number of rotatable bonds is 3. The van der Waals surface area contributed by atoms with Crippen LogP contribution in [0.4, 0.5) is 0 Å². The van der Waals surface area contributed by atoms with Gasteiger partial charge >= 0.3 is 0 Å². The van der Waals surface area contributed by atoms with Crippen molar-refractivity contribution in [2.75, 3.05) is 13.2 Å². The molecule has 0 bridgehead atoms. The van der Waals surface area contributed by atoms with Crippen LogP contribution in [0.1, 0.15) is 72.6 Å². The molecule has 4 aliphatic carbocycles. The molecule has 0 unspecified atom stereocenters. The van der Waals surface area contributed by atoms with Crippen LogP contribution in [0.15, 0.2) is 22.8 Å². The fourth-order valence-corrected chi connectivity index (χ4v) is 10.4. The highest BCUT2D eigenvalue weighted by atomic mass is 16.7. The monoisotopic (exact) mass is 587 g/mol. The summed E-state index contributed by atoms with van der Waals surface area (Å²) < 4.78 is 18.8. The lowest BCUT2D eigenvalue weighted by molar-refractivity contribution is -0.312. The molecular formula is C33H49NO8. The molecule has 2 saturated carbocycles. The van der Waals surface area contributed by atoms with Crippen LogP contribution < -0.4 is 5.32 Å². The fourth-order valence-electron chi connectivity index (χ4n) is 10.4. The zero-order valence-corrected chi connectivity index (χ0v) is 25.4. The Bertz CT molecular complexity index is 1170. The van der Waals surface area contributed by atoms with E-state index >= 15 is 0 Å². The smallest absolute Gasteiger partial charge is 0.186 e. The molecule has 42 heavy (non-hydrogen) atoms. The predicted molar refractivity (Wildman–Crippen MR) is 153 cm³/mol. The van der Waals surface area contributed by atoms with Crippen LogP contribution in [0.5, 0.6) is 0 Å². The maximum atomic E-state index is 14.5. The van der Waals surface area contributed by atoms with Crippen LogP contribution in [0.2, 0.25) is 0 Å². The van der Waals surface area contributed by atoms with Gasteiger partial charge in [-0.2, -0.15) is 0 Å². The van der Waals surface area contributed by atoms with Gasteiger partial charge in [-0.15, -0.1) is 0 Å². The molecule has 0 aromatic heterocycles. The second-order valence-electron chi connectivity index (χ2n) is 14.9. The number of carbonyl (C=O) groups excluding carboxylic acids is 1. The van der Waals surface area contributed by atoms with E-state index < -0.39 is 37.3 Å². The zero-order chi connectivity index (χ0) is 29.7. The molecule has 3 saturated heterocycles. The molecule has 5 N–H and O–H groups in total. The highest BCUT2D eigenvalue weighted by Crippen LogP contribution is 2.64. The van der Waals surface area contributed by atoms with Gasteiger partial charge in [-0.3, -0.25) is 4.79 Å². The minimum absolute atomic E-state index is 0.0482. The summed E-state index contributed by atoms with van der Waals surface area (Å²) in [6.07, 6.45) is 1.93. The Kier molecular flexibility index (Phi) is 7.34. The molecule has 9 nitrogen and oxygen atoms in total. The van der Waals surface area contributed by atoms with Gasteiger partial charge in [0.2, 0.25) is 0 Å². The predicted octanol–water partition coefficient (Wildman–Crippen LogP) is 2.01. The van der Waals surface area contributed by atoms with Crippen LogP contribution in [-0.2, 0) is 19.0 Å². The summed E-state index contributed by atoms with van der Waals surface area (Å²) in [5, 5.41) is 44.2. The van der Waals surface area contributed by atoms with E-state index in [9.17, 15) is 25.2 Å². The molecule has 0 radical (unpaired) electrons. The van der Waals surface area contributed by atoms with Crippen molar-refractivity contribution in [1.29, 1.82) is 0 Å². The number of ether oxygens (including phenoxy) is 3. The minimum atomic E-state index is -1.46. The summed E-state index contributed by atoms with van der Waals surface area (Å²) in [5.74, 6) is 1.81. The molecule has 0 aromatic rings. The van der Waals surface area contributed by atoms with Crippen LogP contribution in [0, 0.1) is 35.0 Å². The summed E-state index contributed by atoms with van der Waals surface area (Å²) >= 11 is 0. The van der Waals surface area contributed by atoms with Crippen molar-refractivity contribution < 1.29 is 39.4 Å². The molecule has 9 heteroatoms. The van der Waals surface area contributed by atoms with E-state index in [0.717, 1.165) is 44.2 Å². The van der Waals surface area contributed by atoms with Gasteiger partial charge in [-0.25, -0.2) is 0 Å². The average molecular weight is 588 g/mol. The summed E-state index contributed by atoms with van der Waals surface area (Å²) in [5.41, 5.74) is 2.89. The third-order valence-corrected chi connectivity index (χ3v) is 12.8. The van der Waals surface area contributed by atoms with E-state index in [4.69, 9.17) is 14.2 Å². The first-order valence-corrected chi connectivity index (χ1v) is 16.3. The van der Waals surface area contributed by atoms with E-state index in [2.05, 4.69) is 39.1 Å². The Morgan fingerprint density at radius 3 is 2.67 bits per heavy atom. The largest absolute Gasteiger partial charge is 0.394 e. The zero-order valence-electron chi connectivity index (χ0n) is 25.4. The molecule has 5 fully saturated rings. The lowest BCUT2D eigenvalue weighted by Gasteiger charge is -2.49. The number of allylic oxidation sites excluding steroid dienone is 2. The number of aliphatic hydroxyl groups is 4. The van der Waals surface area contributed by atoms with Gasteiger partial charge in [0.15, 0.2) is 12.1 Å². The Labute approximate surface area is 248 Å². The van der Waals surface area contributed by atoms with Crippen molar-refractivity contribution in [3.8, 4) is 0 Å². The Morgan fingerprint density at radius 2 is 1.90 bits per heavy atom. The second kappa shape index (κ2) is 10.4. The summed E-state index contributed by atoms with van der Waals surface area (Å²) in [6, 6.07) is 0.344. The number of carbonyl (C=O) groups is 1. The second-order valence-corrected chi connectivity index (χ2v) is 14.9. The third kappa shape index (κ3) is 4.14. The Morgan fingerprint density at radius 1 is 1.12 bits per heavy atom. The molecule has 0 aromatic carbocycles. The third-order valence-electron chi connectivity index (χ3n) is 12.8. The summed E-state index contributed by atoms with van der Waals surface area (Å²) in [6.45, 7) is 9.60. The van der Waals surface area contributed by atoms with E-state index in [1.165, 1.54) is 11.1 Å². The summed E-state index contributed by atoms with van der Waals surface area (Å²) in [7, 11) is 0. The number of piperidine rings is 1. The molecule has 15 atom stereocenters. The average Bonchev–Trinajstić information content (AvgIpc) is 3.42. The lowest BCUT2D eigenvalue weighted by Crippen LogP contribution is -2.60. The van der Waals surface area contributed by atoms with Crippen LogP contribution in [0.25, 0.3) is 0 Å². The highest BCUT2D eigenvalue weighted by molar-refractivity contribution is 6.02. The van der Waals surface area contributed by atoms with Gasteiger partial charge in [-0.05, 0) is 87.2 Å². The van der Waals surface area contributed by atoms with Gasteiger partial charge in [0.1, 0.15) is 24.4 Å². The van der Waals surface area contributed by atoms with Crippen LogP contribution in [0.3, 0.4) is 0 Å². The first-order chi connectivity index (χ1) is 20.0. The topological polar surface area (TPSA) is 138 Å². The van der Waals surface area contributed by atoms with Gasteiger partial charge in [0, 0.05) is 23.5 Å². The number of fused-ring (bicyclic) bond motifs is 6. The van der Waals surface area contributed by atoms with Crippen LogP contribution >= 0.6 is 0 Å². The molecule has 0 amide bonds. The molecular weight excluding hydrogens is 538 g/mol. The molecule has 7 rings (SSSR count). The number of Topliss-reactive ketones (excluding diaryl/α,β-unsaturated/α-hetero) is 1. The molecule has 234 valence electrons. The molecule has 7 aliphatic rings. The first-order valence-electron chi connectivity index (χ1n) is 16.3. The van der Waals surface area contributed by atoms with Crippen molar-refractivity contribution in [2.24, 2.45) is 35.0 Å². The van der Waals surface area contributed by atoms with E-state index in [1.54, 1.807) is 0 Å². The lowest BCUT2D eigenvalue weighted by atomic mass is 9.56. The highest BCUT2D eigenvalue weighted by Gasteiger charge is 2.63. The first kappa shape index (κ1) is 29.5. The molecule has 3 heterocycles. The van der Waals surface area contributed by atoms with Gasteiger partial charge in [0.25, 0.3) is 0 Å². The minimum Gasteiger partial charge on any atom is -0.394 e. The van der Waals surface area contributed by atoms with E-state index in [0.29, 0.717) is 42.4 Å². The number of hydrogen-bond donors (Lipinski definition) is 5. The summed E-state index contributed by atoms with van der Waals surface area (Å²) in [4.78, 5) is 14.5. The SMILES string of the molecule is CC1=C2C(=O)[C@H]3[C@H](CC=C4C[C@H](O[C@H]5O[C@H](CO)[C@@H](O)[C@H](O)[C@H]5O)CC[C@@]43C)[C@@H]2CC[C@]12O[C@H]1C[C@H](C)CN[C@H]1[C@H]2C. The number of hydrogen-bond acceptors (Lipinski definition) is 9. The van der Waals surface area contributed by atoms with E-state index in [-0.39, 0.29) is 35.1 Å². The molecule has 1 spiro atoms. The number of ketones is 1. The standard InChI is InChI=1S/C33H49NO8/c1-15-11-22-26(34-13-15)17(3)33(42-22)10-8-20-21-6-5-18-12-19(40-31-30(39)29(38)27(36)23(14-35)41-31)7-9-32(18,4)25(21)28(37)24(20)16(33)2/h5,15,17,19-23,25-27,29-31,34-36,38-39H,6-14H2,1-4H3/t15-,17+,19+,20-,21+,22-,23+,25+,26-,27+,29-,30+,31-,32-,33-/m0/s1. The van der Waals surface area contributed by atoms with Gasteiger partial charge in [0.05, 0.1) is 24.4 Å². The normalized spacial score (nSPS) is 53.9. The molecule has 3 aliphatic heterocycles. The van der Waals surface area contributed by atoms with Crippen LogP contribution in [-0.4, -0.2) is 93.9 Å². The van der Waals surface area contributed by atoms with Gasteiger partial charge < -0.3 is 40.0 Å². The fraction of sp³-hybridized carbons (Fsp3) is 0.848.